The summed E-state index contributed by atoms with van der Waals surface area (Å²) >= 11 is 0. The zero-order valence-electron chi connectivity index (χ0n) is 7.17. The fourth-order valence-electron chi connectivity index (χ4n) is 0.839. The van der Waals surface area contributed by atoms with Gasteiger partial charge in [-0.1, -0.05) is 24.3 Å². The zero-order chi connectivity index (χ0) is 6.69. The second-order valence-electron chi connectivity index (χ2n) is 2.13. The second-order valence-corrected chi connectivity index (χ2v) is 2.13. The average Bonchev–Trinajstić information content (AvgIpc) is 1.89. The van der Waals surface area contributed by atoms with E-state index in [4.69, 9.17) is 5.73 Å². The Balaban J connectivity index is 0. The van der Waals surface area contributed by atoms with E-state index in [0.29, 0.717) is 6.54 Å². The van der Waals surface area contributed by atoms with Crippen LogP contribution in [-0.2, 0) is 39.3 Å². The smallest absolute Gasteiger partial charge is 0.0180 e. The largest absolute Gasteiger partial charge is 0.358 e. The van der Waals surface area contributed by atoms with Crippen LogP contribution in [-0.4, -0.2) is 0 Å². The van der Waals surface area contributed by atoms with Crippen LogP contribution in [0.25, 0.3) is 0 Å². The van der Waals surface area contributed by atoms with Crippen LogP contribution in [0.4, 0.5) is 0 Å². The first-order valence-corrected chi connectivity index (χ1v) is 3.09. The summed E-state index contributed by atoms with van der Waals surface area (Å²) in [5.41, 5.74) is 7.96. The van der Waals surface area contributed by atoms with Crippen molar-refractivity contribution >= 4 is 0 Å². The van der Waals surface area contributed by atoms with E-state index in [1.807, 2.05) is 12.1 Å². The molecule has 0 bridgehead atoms. The molecule has 0 aliphatic heterocycles. The molecule has 11 heavy (non-hydrogen) atoms. The summed E-state index contributed by atoms with van der Waals surface area (Å²) in [6.45, 7) is 2.72. The molecular formula is C9H14NY-. The molecule has 1 nitrogen and oxygen atoms in total. The van der Waals surface area contributed by atoms with Crippen LogP contribution in [0.2, 0.25) is 0 Å². The van der Waals surface area contributed by atoms with Gasteiger partial charge in [0.25, 0.3) is 0 Å². The van der Waals surface area contributed by atoms with Crippen molar-refractivity contribution in [2.45, 2.75) is 13.5 Å². The van der Waals surface area contributed by atoms with Crippen LogP contribution in [0, 0.1) is 14.4 Å². The number of benzene rings is 1. The minimum Gasteiger partial charge on any atom is -0.358 e. The third-order valence-electron chi connectivity index (χ3n) is 1.48. The Kier molecular flexibility index (Phi) is 8.76. The summed E-state index contributed by atoms with van der Waals surface area (Å²) in [6.07, 6.45) is 0. The molecule has 0 spiro atoms. The van der Waals surface area contributed by atoms with Crippen molar-refractivity contribution in [2.24, 2.45) is 5.73 Å². The molecule has 1 aromatic rings. The Morgan fingerprint density at radius 2 is 1.82 bits per heavy atom. The Hall–Kier alpha value is 0.284. The number of nitrogens with two attached hydrogens (primary N) is 1. The third-order valence-corrected chi connectivity index (χ3v) is 1.48. The Bertz CT molecular complexity index is 199. The predicted molar refractivity (Wildman–Crippen MR) is 45.5 cm³/mol. The van der Waals surface area contributed by atoms with Gasteiger partial charge in [0.05, 0.1) is 0 Å². The summed E-state index contributed by atoms with van der Waals surface area (Å²) in [4.78, 5) is 0. The van der Waals surface area contributed by atoms with Crippen LogP contribution in [0.15, 0.2) is 24.3 Å². The fraction of sp³-hybridized carbons (Fsp3) is 0.222. The van der Waals surface area contributed by atoms with Crippen molar-refractivity contribution in [1.82, 2.24) is 0 Å². The molecule has 2 heteroatoms. The van der Waals surface area contributed by atoms with E-state index in [2.05, 4.69) is 19.1 Å². The number of hydrogen-bond acceptors (Lipinski definition) is 1. The molecule has 1 rings (SSSR count). The molecule has 0 aliphatic rings. The van der Waals surface area contributed by atoms with Gasteiger partial charge in [-0.25, -0.2) is 0 Å². The van der Waals surface area contributed by atoms with Crippen molar-refractivity contribution in [2.75, 3.05) is 0 Å². The molecule has 0 saturated heterocycles. The van der Waals surface area contributed by atoms with E-state index in [0.717, 1.165) is 0 Å². The van der Waals surface area contributed by atoms with Gasteiger partial charge in [0.2, 0.25) is 0 Å². The first-order valence-electron chi connectivity index (χ1n) is 3.09. The van der Waals surface area contributed by atoms with Gasteiger partial charge in [0, 0.05) is 39.3 Å². The molecule has 59 valence electrons. The molecule has 1 aromatic carbocycles. The predicted octanol–water partition coefficient (Wildman–Crippen LogP) is 1.90. The molecule has 0 aliphatic carbocycles. The van der Waals surface area contributed by atoms with E-state index in [1.165, 1.54) is 11.1 Å². The Morgan fingerprint density at radius 1 is 1.27 bits per heavy atom. The Labute approximate surface area is 94.3 Å². The van der Waals surface area contributed by atoms with Crippen LogP contribution >= 0.6 is 0 Å². The van der Waals surface area contributed by atoms with E-state index in [9.17, 15) is 0 Å². The van der Waals surface area contributed by atoms with E-state index < -0.39 is 0 Å². The minimum atomic E-state index is 0. The molecule has 0 heterocycles. The van der Waals surface area contributed by atoms with Gasteiger partial charge in [-0.05, 0) is 18.1 Å². The van der Waals surface area contributed by atoms with E-state index in [1.54, 1.807) is 0 Å². The monoisotopic (exact) mass is 225 g/mol. The summed E-state index contributed by atoms with van der Waals surface area (Å²) in [5.74, 6) is 0. The van der Waals surface area contributed by atoms with E-state index >= 15 is 0 Å². The maximum Gasteiger partial charge on any atom is 0.0180 e. The summed E-state index contributed by atoms with van der Waals surface area (Å²) in [7, 11) is 0. The number of hydrogen-bond donors (Lipinski definition) is 1. The number of rotatable bonds is 1. The van der Waals surface area contributed by atoms with Gasteiger partial charge >= 0.3 is 0 Å². The molecule has 0 fully saturated rings. The summed E-state index contributed by atoms with van der Waals surface area (Å²) in [5, 5.41) is 0. The number of aryl methyl sites for hydroxylation is 1. The normalized spacial score (nSPS) is 7.82. The van der Waals surface area contributed by atoms with Gasteiger partial charge < -0.3 is 13.2 Å². The van der Waals surface area contributed by atoms with Crippen molar-refractivity contribution in [3.05, 3.63) is 42.8 Å². The maximum atomic E-state index is 5.45. The van der Waals surface area contributed by atoms with Crippen LogP contribution < -0.4 is 5.73 Å². The van der Waals surface area contributed by atoms with Crippen LogP contribution in [0.5, 0.6) is 0 Å². The fourth-order valence-corrected chi connectivity index (χ4v) is 0.839. The van der Waals surface area contributed by atoms with Gasteiger partial charge in [0.1, 0.15) is 0 Å². The average molecular weight is 225 g/mol. The summed E-state index contributed by atoms with van der Waals surface area (Å²) < 4.78 is 0. The Morgan fingerprint density at radius 3 is 2.18 bits per heavy atom. The molecule has 2 N–H and O–H groups in total. The molecular weight excluding hydrogens is 211 g/mol. The van der Waals surface area contributed by atoms with Gasteiger partial charge in [-0.15, -0.1) is 0 Å². The van der Waals surface area contributed by atoms with Crippen molar-refractivity contribution in [1.29, 1.82) is 0 Å². The SMILES string of the molecule is Cc1ccccc1CN.[CH3-].[Y]. The summed E-state index contributed by atoms with van der Waals surface area (Å²) in [6, 6.07) is 8.15. The molecule has 0 saturated carbocycles. The third kappa shape index (κ3) is 4.00. The first-order chi connectivity index (χ1) is 4.34. The molecule has 0 aromatic heterocycles. The zero-order valence-corrected chi connectivity index (χ0v) is 10.0. The maximum absolute atomic E-state index is 5.45. The van der Waals surface area contributed by atoms with E-state index in [-0.39, 0.29) is 40.1 Å². The minimum absolute atomic E-state index is 0. The molecule has 0 amide bonds. The van der Waals surface area contributed by atoms with Gasteiger partial charge in [0.15, 0.2) is 0 Å². The standard InChI is InChI=1S/C8H11N.CH3.Y/c1-7-4-2-3-5-8(7)6-9;;/h2-5H,6,9H2,1H3;1H3;/q;-1;. The van der Waals surface area contributed by atoms with Crippen LogP contribution in [0.3, 0.4) is 0 Å². The van der Waals surface area contributed by atoms with Crippen LogP contribution in [0.1, 0.15) is 11.1 Å². The molecule has 1 radical (unpaired) electrons. The first kappa shape index (κ1) is 13.8. The van der Waals surface area contributed by atoms with Crippen molar-refractivity contribution in [3.63, 3.8) is 0 Å². The van der Waals surface area contributed by atoms with Gasteiger partial charge in [-0.2, -0.15) is 0 Å². The second kappa shape index (κ2) is 6.96. The quantitative estimate of drug-likeness (QED) is 0.726. The molecule has 0 unspecified atom stereocenters. The van der Waals surface area contributed by atoms with Crippen molar-refractivity contribution in [3.8, 4) is 0 Å². The molecule has 0 atom stereocenters. The van der Waals surface area contributed by atoms with Crippen molar-refractivity contribution < 1.29 is 32.7 Å². The topological polar surface area (TPSA) is 26.0 Å². The van der Waals surface area contributed by atoms with Gasteiger partial charge in [-0.3, -0.25) is 0 Å².